The van der Waals surface area contributed by atoms with Crippen LogP contribution in [0.4, 0.5) is 0 Å². The fraction of sp³-hybridized carbons (Fsp3) is 0.692. The molecule has 1 heterocycles. The number of epoxide rings is 1. The van der Waals surface area contributed by atoms with Crippen LogP contribution in [0.3, 0.4) is 0 Å². The monoisotopic (exact) mass is 444 g/mol. The van der Waals surface area contributed by atoms with Gasteiger partial charge in [-0.3, -0.25) is 0 Å². The summed E-state index contributed by atoms with van der Waals surface area (Å²) in [6, 6.07) is 10.5. The average Bonchev–Trinajstić information content (AvgIpc) is 3.34. The van der Waals surface area contributed by atoms with Crippen molar-refractivity contribution in [3.8, 4) is 11.5 Å². The molecule has 1 aromatic rings. The maximum Gasteiger partial charge on any atom is 0.192 e. The Hall–Kier alpha value is -0.866. The summed E-state index contributed by atoms with van der Waals surface area (Å²) in [5.74, 6) is 3.72. The number of ether oxygens (including phenoxy) is 1. The van der Waals surface area contributed by atoms with E-state index >= 15 is 0 Å². The molecule has 0 bridgehead atoms. The Balaban J connectivity index is 2.40. The Morgan fingerprint density at radius 2 is 1.47 bits per heavy atom. The summed E-state index contributed by atoms with van der Waals surface area (Å²) in [7, 11) is -3.65. The molecule has 0 saturated carbocycles. The van der Waals surface area contributed by atoms with Crippen LogP contribution < -0.4 is 0 Å². The Kier molecular flexibility index (Phi) is 7.57. The van der Waals surface area contributed by atoms with E-state index in [-0.39, 0.29) is 11.1 Å². The normalized spacial score (nSPS) is 22.4. The van der Waals surface area contributed by atoms with Gasteiger partial charge in [0.15, 0.2) is 13.9 Å². The molecule has 1 aliphatic heterocycles. The van der Waals surface area contributed by atoms with E-state index in [1.165, 1.54) is 5.56 Å². The van der Waals surface area contributed by atoms with E-state index in [1.54, 1.807) is 0 Å². The molecule has 2 rings (SSSR count). The molecule has 1 aliphatic rings. The minimum atomic E-state index is -1.82. The van der Waals surface area contributed by atoms with Crippen molar-refractivity contribution in [3.05, 3.63) is 35.9 Å². The molecule has 0 unspecified atom stereocenters. The van der Waals surface area contributed by atoms with E-state index < -0.39 is 22.0 Å². The van der Waals surface area contributed by atoms with Crippen molar-refractivity contribution in [2.45, 2.75) is 109 Å². The van der Waals surface area contributed by atoms with Crippen molar-refractivity contribution < 1.29 is 9.16 Å². The largest absolute Gasteiger partial charge is 0.414 e. The van der Waals surface area contributed by atoms with Gasteiger partial charge in [0.05, 0.1) is 6.61 Å². The van der Waals surface area contributed by atoms with Crippen LogP contribution in [0.1, 0.15) is 67.9 Å². The van der Waals surface area contributed by atoms with Crippen LogP contribution in [0, 0.1) is 11.5 Å². The summed E-state index contributed by atoms with van der Waals surface area (Å²) in [5, 5.41) is 0.192. The molecule has 168 valence electrons. The third-order valence-corrected chi connectivity index (χ3v) is 18.5. The average molecular weight is 445 g/mol. The Labute approximate surface area is 188 Å². The zero-order valence-corrected chi connectivity index (χ0v) is 23.2. The lowest BCUT2D eigenvalue weighted by atomic mass is 9.96. The van der Waals surface area contributed by atoms with Crippen LogP contribution in [-0.4, -0.2) is 29.1 Å². The molecule has 0 radical (unpaired) electrons. The molecule has 1 aromatic carbocycles. The molecule has 1 saturated heterocycles. The first-order chi connectivity index (χ1) is 13.7. The standard InChI is InChI=1S/C26H44O2Si2/c1-20(2)30(21(3)4,22(5)6)18-17-26(23-15-13-12-14-16-23)24(28-26)19-27-29(10,11)25(7,8)9/h12-16,20-22,24H,19H2,1-11H3/t24-,26+/m1/s1. The van der Waals surface area contributed by atoms with E-state index in [2.05, 4.69) is 117 Å². The van der Waals surface area contributed by atoms with Crippen LogP contribution in [0.15, 0.2) is 30.3 Å². The van der Waals surface area contributed by atoms with E-state index in [0.717, 1.165) is 0 Å². The third-order valence-electron chi connectivity index (χ3n) is 7.66. The van der Waals surface area contributed by atoms with Gasteiger partial charge in [0.25, 0.3) is 0 Å². The van der Waals surface area contributed by atoms with Gasteiger partial charge < -0.3 is 9.16 Å². The topological polar surface area (TPSA) is 21.8 Å². The van der Waals surface area contributed by atoms with Gasteiger partial charge in [0.2, 0.25) is 0 Å². The van der Waals surface area contributed by atoms with E-state index in [0.29, 0.717) is 23.2 Å². The highest BCUT2D eigenvalue weighted by atomic mass is 28.4. The van der Waals surface area contributed by atoms with Gasteiger partial charge in [-0.25, -0.2) is 0 Å². The van der Waals surface area contributed by atoms with Gasteiger partial charge in [0.1, 0.15) is 14.2 Å². The smallest absolute Gasteiger partial charge is 0.192 e. The van der Waals surface area contributed by atoms with E-state index in [1.807, 2.05) is 0 Å². The lowest BCUT2D eigenvalue weighted by Gasteiger charge is -2.38. The van der Waals surface area contributed by atoms with Crippen LogP contribution in [0.2, 0.25) is 34.8 Å². The first-order valence-electron chi connectivity index (χ1n) is 11.6. The number of hydrogen-bond donors (Lipinski definition) is 0. The molecule has 2 nitrogen and oxygen atoms in total. The number of rotatable bonds is 7. The predicted octanol–water partition coefficient (Wildman–Crippen LogP) is 7.52. The zero-order valence-electron chi connectivity index (χ0n) is 21.2. The predicted molar refractivity (Wildman–Crippen MR) is 135 cm³/mol. The molecule has 0 spiro atoms. The number of hydrogen-bond acceptors (Lipinski definition) is 2. The Morgan fingerprint density at radius 3 is 1.90 bits per heavy atom. The molecule has 4 heteroatoms. The minimum Gasteiger partial charge on any atom is -0.414 e. The second-order valence-corrected chi connectivity index (χ2v) is 21.8. The van der Waals surface area contributed by atoms with Crippen molar-refractivity contribution in [3.63, 3.8) is 0 Å². The molecular formula is C26H44O2Si2. The molecule has 30 heavy (non-hydrogen) atoms. The molecule has 2 atom stereocenters. The summed E-state index contributed by atoms with van der Waals surface area (Å²) in [5.41, 5.74) is 6.39. The summed E-state index contributed by atoms with van der Waals surface area (Å²) in [4.78, 5) is 0. The Morgan fingerprint density at radius 1 is 0.967 bits per heavy atom. The quantitative estimate of drug-likeness (QED) is 0.246. The third kappa shape index (κ3) is 4.80. The van der Waals surface area contributed by atoms with Crippen molar-refractivity contribution in [2.24, 2.45) is 0 Å². The lowest BCUT2D eigenvalue weighted by molar-refractivity contribution is 0.239. The molecule has 0 aromatic heterocycles. The van der Waals surface area contributed by atoms with Crippen LogP contribution in [0.5, 0.6) is 0 Å². The Bertz CT molecular complexity index is 744. The number of benzene rings is 1. The minimum absolute atomic E-state index is 0.0136. The molecule has 0 N–H and O–H groups in total. The highest BCUT2D eigenvalue weighted by Crippen LogP contribution is 2.48. The van der Waals surface area contributed by atoms with Crippen molar-refractivity contribution in [1.29, 1.82) is 0 Å². The van der Waals surface area contributed by atoms with Crippen molar-refractivity contribution >= 4 is 16.4 Å². The van der Waals surface area contributed by atoms with E-state index in [4.69, 9.17) is 9.16 Å². The zero-order chi connectivity index (χ0) is 23.0. The van der Waals surface area contributed by atoms with Gasteiger partial charge in [-0.2, -0.15) is 0 Å². The summed E-state index contributed by atoms with van der Waals surface area (Å²) < 4.78 is 12.9. The maximum absolute atomic E-state index is 6.53. The second kappa shape index (κ2) is 8.94. The first-order valence-corrected chi connectivity index (χ1v) is 16.8. The van der Waals surface area contributed by atoms with Gasteiger partial charge >= 0.3 is 0 Å². The van der Waals surface area contributed by atoms with E-state index in [9.17, 15) is 0 Å². The maximum atomic E-state index is 6.53. The molecule has 0 aliphatic carbocycles. The van der Waals surface area contributed by atoms with Crippen LogP contribution in [-0.2, 0) is 14.8 Å². The first kappa shape index (κ1) is 25.4. The molecule has 1 fully saturated rings. The molecule has 0 amide bonds. The fourth-order valence-corrected chi connectivity index (χ4v) is 10.9. The van der Waals surface area contributed by atoms with Gasteiger partial charge in [-0.05, 0) is 40.3 Å². The summed E-state index contributed by atoms with van der Waals surface area (Å²) in [6.45, 7) is 26.3. The second-order valence-electron chi connectivity index (χ2n) is 11.4. The van der Waals surface area contributed by atoms with Crippen molar-refractivity contribution in [1.82, 2.24) is 0 Å². The van der Waals surface area contributed by atoms with Crippen molar-refractivity contribution in [2.75, 3.05) is 6.61 Å². The van der Waals surface area contributed by atoms with Crippen LogP contribution >= 0.6 is 0 Å². The van der Waals surface area contributed by atoms with Gasteiger partial charge in [-0.1, -0.05) is 98.6 Å². The van der Waals surface area contributed by atoms with Gasteiger partial charge in [-0.15, -0.1) is 5.54 Å². The highest BCUT2D eigenvalue weighted by molar-refractivity contribution is 6.90. The SMILES string of the molecule is CC(C)[Si](C#C[C@@]1(c2ccccc2)O[C@@H]1CO[Si](C)(C)C(C)(C)C)(C(C)C)C(C)C. The van der Waals surface area contributed by atoms with Crippen LogP contribution in [0.25, 0.3) is 0 Å². The highest BCUT2D eigenvalue weighted by Gasteiger charge is 2.58. The molecular weight excluding hydrogens is 400 g/mol. The van der Waals surface area contributed by atoms with Gasteiger partial charge in [0, 0.05) is 0 Å². The lowest BCUT2D eigenvalue weighted by Crippen LogP contribution is -2.43. The fourth-order valence-electron chi connectivity index (χ4n) is 4.60. The summed E-state index contributed by atoms with van der Waals surface area (Å²) in [6.07, 6.45) is 0.0136. The summed E-state index contributed by atoms with van der Waals surface area (Å²) >= 11 is 0.